The second kappa shape index (κ2) is 5.40. The van der Waals surface area contributed by atoms with Gasteiger partial charge in [-0.25, -0.2) is 4.98 Å². The summed E-state index contributed by atoms with van der Waals surface area (Å²) in [4.78, 5) is 16.5. The number of carbonyl (C=O) groups excluding carboxylic acids is 1. The first-order valence-corrected chi connectivity index (χ1v) is 6.97. The summed E-state index contributed by atoms with van der Waals surface area (Å²) in [5.74, 6) is 0.268. The molecule has 0 saturated carbocycles. The second-order valence-corrected chi connectivity index (χ2v) is 5.00. The first-order chi connectivity index (χ1) is 10.2. The van der Waals surface area contributed by atoms with Crippen LogP contribution in [0, 0.1) is 6.92 Å². The summed E-state index contributed by atoms with van der Waals surface area (Å²) in [6, 6.07) is 7.62. The number of carbonyl (C=O) groups is 1. The van der Waals surface area contributed by atoms with Gasteiger partial charge in [0.1, 0.15) is 11.3 Å². The number of nitrogens with one attached hydrogen (secondary N) is 2. The molecule has 0 atom stereocenters. The maximum Gasteiger partial charge on any atom is 0.277 e. The molecule has 0 aliphatic carbocycles. The summed E-state index contributed by atoms with van der Waals surface area (Å²) >= 11 is 0. The third-order valence-corrected chi connectivity index (χ3v) is 3.32. The van der Waals surface area contributed by atoms with Crippen LogP contribution >= 0.6 is 0 Å². The van der Waals surface area contributed by atoms with Gasteiger partial charge >= 0.3 is 0 Å². The second-order valence-electron chi connectivity index (χ2n) is 5.00. The minimum Gasteiger partial charge on any atom is -0.304 e. The van der Waals surface area contributed by atoms with Crippen LogP contribution in [0.3, 0.4) is 0 Å². The van der Waals surface area contributed by atoms with Crippen molar-refractivity contribution >= 4 is 17.4 Å². The number of rotatable bonds is 4. The lowest BCUT2D eigenvalue weighted by molar-refractivity contribution is 0.102. The lowest BCUT2D eigenvalue weighted by atomic mass is 10.2. The number of anilines is 1. The number of hydrogen-bond donors (Lipinski definition) is 2. The Morgan fingerprint density at radius 3 is 3.05 bits per heavy atom. The fourth-order valence-corrected chi connectivity index (χ4v) is 2.26. The number of imidazole rings is 1. The van der Waals surface area contributed by atoms with Crippen molar-refractivity contribution in [3.8, 4) is 0 Å². The van der Waals surface area contributed by atoms with Crippen molar-refractivity contribution in [2.75, 3.05) is 5.32 Å². The molecule has 3 aromatic heterocycles. The van der Waals surface area contributed by atoms with E-state index in [0.717, 1.165) is 29.9 Å². The fraction of sp³-hybridized carbons (Fsp3) is 0.267. The van der Waals surface area contributed by atoms with Gasteiger partial charge in [-0.3, -0.25) is 9.89 Å². The predicted octanol–water partition coefficient (Wildman–Crippen LogP) is 2.57. The van der Waals surface area contributed by atoms with E-state index in [1.807, 2.05) is 35.6 Å². The molecule has 6 nitrogen and oxygen atoms in total. The molecule has 2 N–H and O–H groups in total. The quantitative estimate of drug-likeness (QED) is 0.772. The largest absolute Gasteiger partial charge is 0.304 e. The van der Waals surface area contributed by atoms with E-state index in [9.17, 15) is 4.79 Å². The molecule has 3 aromatic rings. The molecular weight excluding hydrogens is 266 g/mol. The number of hydrogen-bond acceptors (Lipinski definition) is 3. The molecule has 1 amide bonds. The van der Waals surface area contributed by atoms with E-state index in [1.54, 1.807) is 6.20 Å². The molecule has 108 valence electrons. The number of pyridine rings is 1. The van der Waals surface area contributed by atoms with Gasteiger partial charge in [-0.2, -0.15) is 5.10 Å². The average Bonchev–Trinajstić information content (AvgIpc) is 3.07. The van der Waals surface area contributed by atoms with Gasteiger partial charge in [-0.1, -0.05) is 19.4 Å². The zero-order valence-corrected chi connectivity index (χ0v) is 12.1. The monoisotopic (exact) mass is 283 g/mol. The van der Waals surface area contributed by atoms with Crippen LogP contribution in [-0.2, 0) is 6.42 Å². The van der Waals surface area contributed by atoms with Crippen LogP contribution in [0.4, 0.5) is 5.82 Å². The number of aromatic nitrogens is 4. The fourth-order valence-electron chi connectivity index (χ4n) is 2.26. The standard InChI is InChI=1S/C15H17N5O/c1-3-5-11-8-13(19-18-11)17-15(21)12-9-20-10(2)6-4-7-14(20)16-12/h4,6-9H,3,5H2,1-2H3,(H2,17,18,19,21). The van der Waals surface area contributed by atoms with Gasteiger partial charge in [0.15, 0.2) is 5.82 Å². The smallest absolute Gasteiger partial charge is 0.277 e. The Hall–Kier alpha value is -2.63. The highest BCUT2D eigenvalue weighted by Gasteiger charge is 2.13. The zero-order chi connectivity index (χ0) is 14.8. The molecule has 3 rings (SSSR count). The van der Waals surface area contributed by atoms with Crippen molar-refractivity contribution < 1.29 is 4.79 Å². The Bertz CT molecular complexity index is 786. The number of aryl methyl sites for hydroxylation is 2. The lowest BCUT2D eigenvalue weighted by Crippen LogP contribution is -2.12. The van der Waals surface area contributed by atoms with E-state index >= 15 is 0 Å². The summed E-state index contributed by atoms with van der Waals surface area (Å²) < 4.78 is 1.89. The van der Waals surface area contributed by atoms with Gasteiger partial charge in [0.2, 0.25) is 0 Å². The molecular formula is C15H17N5O. The normalized spacial score (nSPS) is 11.0. The number of amides is 1. The highest BCUT2D eigenvalue weighted by atomic mass is 16.2. The van der Waals surface area contributed by atoms with Crippen molar-refractivity contribution in [1.29, 1.82) is 0 Å². The Morgan fingerprint density at radius 1 is 1.43 bits per heavy atom. The molecule has 0 unspecified atom stereocenters. The summed E-state index contributed by atoms with van der Waals surface area (Å²) in [7, 11) is 0. The molecule has 0 radical (unpaired) electrons. The lowest BCUT2D eigenvalue weighted by Gasteiger charge is -1.97. The first-order valence-electron chi connectivity index (χ1n) is 6.97. The average molecular weight is 283 g/mol. The van der Waals surface area contributed by atoms with Crippen molar-refractivity contribution in [1.82, 2.24) is 19.6 Å². The molecule has 0 bridgehead atoms. The summed E-state index contributed by atoms with van der Waals surface area (Å²) in [5.41, 5.74) is 3.18. The Morgan fingerprint density at radius 2 is 2.29 bits per heavy atom. The molecule has 0 aliphatic heterocycles. The van der Waals surface area contributed by atoms with Crippen LogP contribution < -0.4 is 5.32 Å². The maximum atomic E-state index is 12.2. The van der Waals surface area contributed by atoms with Crippen LogP contribution in [0.25, 0.3) is 5.65 Å². The molecule has 0 aromatic carbocycles. The summed E-state index contributed by atoms with van der Waals surface area (Å²) in [5, 5.41) is 9.75. The molecule has 6 heteroatoms. The van der Waals surface area contributed by atoms with Gasteiger partial charge in [0.25, 0.3) is 5.91 Å². The highest BCUT2D eigenvalue weighted by Crippen LogP contribution is 2.12. The van der Waals surface area contributed by atoms with Crippen LogP contribution in [0.5, 0.6) is 0 Å². The topological polar surface area (TPSA) is 75.1 Å². The van der Waals surface area contributed by atoms with Gasteiger partial charge in [-0.05, 0) is 25.5 Å². The van der Waals surface area contributed by atoms with E-state index in [0.29, 0.717) is 11.5 Å². The van der Waals surface area contributed by atoms with Crippen molar-refractivity contribution in [2.45, 2.75) is 26.7 Å². The molecule has 3 heterocycles. The third kappa shape index (κ3) is 2.65. The minimum absolute atomic E-state index is 0.257. The van der Waals surface area contributed by atoms with E-state index < -0.39 is 0 Å². The first kappa shape index (κ1) is 13.4. The van der Waals surface area contributed by atoms with E-state index in [4.69, 9.17) is 0 Å². The Labute approximate surface area is 122 Å². The number of aromatic amines is 1. The van der Waals surface area contributed by atoms with Crippen LogP contribution in [0.2, 0.25) is 0 Å². The highest BCUT2D eigenvalue weighted by molar-refractivity contribution is 6.02. The Balaban J connectivity index is 1.81. The van der Waals surface area contributed by atoms with Crippen molar-refractivity contribution in [2.24, 2.45) is 0 Å². The van der Waals surface area contributed by atoms with Crippen LogP contribution in [-0.4, -0.2) is 25.5 Å². The zero-order valence-electron chi connectivity index (χ0n) is 12.1. The number of H-pyrrole nitrogens is 1. The summed E-state index contributed by atoms with van der Waals surface area (Å²) in [6.45, 7) is 4.07. The molecule has 0 saturated heterocycles. The van der Waals surface area contributed by atoms with Crippen molar-refractivity contribution in [3.63, 3.8) is 0 Å². The van der Waals surface area contributed by atoms with Gasteiger partial charge in [0, 0.05) is 23.7 Å². The predicted molar refractivity (Wildman–Crippen MR) is 80.5 cm³/mol. The molecule has 0 spiro atoms. The minimum atomic E-state index is -0.257. The van der Waals surface area contributed by atoms with Crippen LogP contribution in [0.1, 0.15) is 35.2 Å². The summed E-state index contributed by atoms with van der Waals surface area (Å²) in [6.07, 6.45) is 3.68. The van der Waals surface area contributed by atoms with Gasteiger partial charge in [0.05, 0.1) is 0 Å². The van der Waals surface area contributed by atoms with Gasteiger partial charge in [-0.15, -0.1) is 0 Å². The van der Waals surface area contributed by atoms with Crippen LogP contribution in [0.15, 0.2) is 30.5 Å². The molecule has 21 heavy (non-hydrogen) atoms. The Kier molecular flexibility index (Phi) is 3.43. The maximum absolute atomic E-state index is 12.2. The van der Waals surface area contributed by atoms with Crippen molar-refractivity contribution in [3.05, 3.63) is 47.5 Å². The molecule has 0 fully saturated rings. The van der Waals surface area contributed by atoms with E-state index in [2.05, 4.69) is 27.4 Å². The number of nitrogens with zero attached hydrogens (tertiary/aromatic N) is 3. The van der Waals surface area contributed by atoms with E-state index in [1.165, 1.54) is 0 Å². The number of fused-ring (bicyclic) bond motifs is 1. The van der Waals surface area contributed by atoms with Gasteiger partial charge < -0.3 is 9.72 Å². The molecule has 0 aliphatic rings. The third-order valence-electron chi connectivity index (χ3n) is 3.32. The van der Waals surface area contributed by atoms with E-state index in [-0.39, 0.29) is 5.91 Å². The SMILES string of the molecule is CCCc1cc(NC(=O)c2cn3c(C)cccc3n2)n[nH]1.